The van der Waals surface area contributed by atoms with Crippen LogP contribution in [0.3, 0.4) is 0 Å². The number of hydrogen-bond donors (Lipinski definition) is 3. The molecule has 1 saturated carbocycles. The Morgan fingerprint density at radius 1 is 1.19 bits per heavy atom. The zero-order chi connectivity index (χ0) is 15.8. The summed E-state index contributed by atoms with van der Waals surface area (Å²) in [6, 6.07) is 6.67. The number of carbonyl (C=O) groups is 1. The van der Waals surface area contributed by atoms with Crippen molar-refractivity contribution in [1.29, 1.82) is 0 Å². The van der Waals surface area contributed by atoms with Gasteiger partial charge in [-0.1, -0.05) is 45.0 Å². The second-order valence-corrected chi connectivity index (χ2v) is 6.77. The van der Waals surface area contributed by atoms with Crippen molar-refractivity contribution in [2.45, 2.75) is 27.7 Å². The van der Waals surface area contributed by atoms with Gasteiger partial charge < -0.3 is 16.3 Å². The van der Waals surface area contributed by atoms with Crippen molar-refractivity contribution in [3.05, 3.63) is 35.4 Å². The number of hydrogen-bond acceptors (Lipinski definition) is 3. The lowest BCUT2D eigenvalue weighted by Crippen LogP contribution is -2.27. The van der Waals surface area contributed by atoms with Gasteiger partial charge in [0.05, 0.1) is 0 Å². The highest BCUT2D eigenvalue weighted by atomic mass is 16.4. The summed E-state index contributed by atoms with van der Waals surface area (Å²) in [5.41, 5.74) is 7.16. The molecule has 1 aliphatic carbocycles. The van der Waals surface area contributed by atoms with Crippen molar-refractivity contribution in [3.8, 4) is 0 Å². The lowest BCUT2D eigenvalue weighted by Gasteiger charge is -2.07. The molecule has 0 radical (unpaired) electrons. The quantitative estimate of drug-likeness (QED) is 0.343. The SMILES string of the molecule is CC1(C)C(CNC(=O)c2ccc(C(N)=NO)cc2)C1(C)C. The van der Waals surface area contributed by atoms with E-state index in [1.54, 1.807) is 24.3 Å². The molecule has 0 saturated heterocycles. The summed E-state index contributed by atoms with van der Waals surface area (Å²) in [5.74, 6) is 0.424. The molecule has 21 heavy (non-hydrogen) atoms. The van der Waals surface area contributed by atoms with E-state index < -0.39 is 0 Å². The molecule has 1 fully saturated rings. The summed E-state index contributed by atoms with van der Waals surface area (Å²) >= 11 is 0. The van der Waals surface area contributed by atoms with Gasteiger partial charge in [-0.3, -0.25) is 4.79 Å². The molecule has 2 rings (SSSR count). The lowest BCUT2D eigenvalue weighted by atomic mass is 10.0. The van der Waals surface area contributed by atoms with Crippen LogP contribution in [0.4, 0.5) is 0 Å². The van der Waals surface area contributed by atoms with E-state index in [-0.39, 0.29) is 22.6 Å². The number of nitrogens with zero attached hydrogens (tertiary/aromatic N) is 1. The molecule has 114 valence electrons. The first-order valence-corrected chi connectivity index (χ1v) is 7.08. The summed E-state index contributed by atoms with van der Waals surface area (Å²) in [6.45, 7) is 9.61. The molecule has 0 unspecified atom stereocenters. The molecule has 0 aliphatic heterocycles. The van der Waals surface area contributed by atoms with Gasteiger partial charge in [-0.05, 0) is 28.9 Å². The first-order chi connectivity index (χ1) is 9.71. The van der Waals surface area contributed by atoms with E-state index in [0.717, 1.165) is 0 Å². The summed E-state index contributed by atoms with van der Waals surface area (Å²) < 4.78 is 0. The molecular weight excluding hydrogens is 266 g/mol. The average molecular weight is 289 g/mol. The Kier molecular flexibility index (Phi) is 3.70. The van der Waals surface area contributed by atoms with Gasteiger partial charge in [0.1, 0.15) is 0 Å². The molecular formula is C16H23N3O2. The topological polar surface area (TPSA) is 87.7 Å². The van der Waals surface area contributed by atoms with Gasteiger partial charge in [0.15, 0.2) is 5.84 Å². The third kappa shape index (κ3) is 2.60. The lowest BCUT2D eigenvalue weighted by molar-refractivity contribution is 0.0950. The second-order valence-electron chi connectivity index (χ2n) is 6.77. The summed E-state index contributed by atoms with van der Waals surface area (Å²) in [5, 5.41) is 14.5. The fourth-order valence-corrected chi connectivity index (χ4v) is 2.99. The summed E-state index contributed by atoms with van der Waals surface area (Å²) in [7, 11) is 0. The average Bonchev–Trinajstić information content (AvgIpc) is 2.85. The van der Waals surface area contributed by atoms with Crippen LogP contribution in [0.5, 0.6) is 0 Å². The van der Waals surface area contributed by atoms with Crippen LogP contribution < -0.4 is 11.1 Å². The molecule has 5 nitrogen and oxygen atoms in total. The maximum Gasteiger partial charge on any atom is 0.251 e. The smallest absolute Gasteiger partial charge is 0.251 e. The molecule has 0 aromatic heterocycles. The number of oxime groups is 1. The maximum atomic E-state index is 12.1. The van der Waals surface area contributed by atoms with E-state index in [2.05, 4.69) is 38.2 Å². The minimum atomic E-state index is -0.0976. The van der Waals surface area contributed by atoms with Crippen molar-refractivity contribution in [2.75, 3.05) is 6.54 Å². The van der Waals surface area contributed by atoms with Crippen molar-refractivity contribution >= 4 is 11.7 Å². The minimum Gasteiger partial charge on any atom is -0.409 e. The van der Waals surface area contributed by atoms with Crippen LogP contribution in [-0.2, 0) is 0 Å². The Labute approximate surface area is 125 Å². The van der Waals surface area contributed by atoms with Crippen molar-refractivity contribution in [3.63, 3.8) is 0 Å². The van der Waals surface area contributed by atoms with Gasteiger partial charge in [0, 0.05) is 17.7 Å². The third-order valence-corrected chi connectivity index (χ3v) is 5.34. The first kappa shape index (κ1) is 15.4. The van der Waals surface area contributed by atoms with Crippen LogP contribution in [0.1, 0.15) is 43.6 Å². The summed E-state index contributed by atoms with van der Waals surface area (Å²) in [4.78, 5) is 12.1. The molecule has 4 N–H and O–H groups in total. The molecule has 5 heteroatoms. The maximum absolute atomic E-state index is 12.1. The number of nitrogens with one attached hydrogen (secondary N) is 1. The predicted molar refractivity (Wildman–Crippen MR) is 82.3 cm³/mol. The highest BCUT2D eigenvalue weighted by molar-refractivity contribution is 5.99. The Bertz CT molecular complexity index is 560. The fourth-order valence-electron chi connectivity index (χ4n) is 2.99. The zero-order valence-corrected chi connectivity index (χ0v) is 13.0. The molecule has 1 aromatic carbocycles. The van der Waals surface area contributed by atoms with Crippen LogP contribution in [0.25, 0.3) is 0 Å². The van der Waals surface area contributed by atoms with E-state index >= 15 is 0 Å². The van der Waals surface area contributed by atoms with Gasteiger partial charge in [0.25, 0.3) is 5.91 Å². The molecule has 1 amide bonds. The van der Waals surface area contributed by atoms with E-state index in [1.165, 1.54) is 0 Å². The van der Waals surface area contributed by atoms with E-state index in [4.69, 9.17) is 10.9 Å². The molecule has 1 aromatic rings. The molecule has 0 atom stereocenters. The van der Waals surface area contributed by atoms with Crippen LogP contribution in [-0.4, -0.2) is 23.5 Å². The van der Waals surface area contributed by atoms with Crippen LogP contribution >= 0.6 is 0 Å². The van der Waals surface area contributed by atoms with Crippen molar-refractivity contribution < 1.29 is 10.0 Å². The molecule has 0 spiro atoms. The van der Waals surface area contributed by atoms with Gasteiger partial charge in [-0.2, -0.15) is 0 Å². The van der Waals surface area contributed by atoms with Crippen molar-refractivity contribution in [1.82, 2.24) is 5.32 Å². The Hall–Kier alpha value is -2.04. The van der Waals surface area contributed by atoms with Gasteiger partial charge >= 0.3 is 0 Å². The second kappa shape index (κ2) is 5.06. The molecule has 0 bridgehead atoms. The number of rotatable bonds is 4. The van der Waals surface area contributed by atoms with Gasteiger partial charge in [0.2, 0.25) is 0 Å². The van der Waals surface area contributed by atoms with Crippen molar-refractivity contribution in [2.24, 2.45) is 27.6 Å². The van der Waals surface area contributed by atoms with Crippen LogP contribution in [0.2, 0.25) is 0 Å². The molecule has 0 heterocycles. The number of nitrogens with two attached hydrogens (primary N) is 1. The minimum absolute atomic E-state index is 0.0310. The monoisotopic (exact) mass is 289 g/mol. The third-order valence-electron chi connectivity index (χ3n) is 5.34. The summed E-state index contributed by atoms with van der Waals surface area (Å²) in [6.07, 6.45) is 0. The van der Waals surface area contributed by atoms with E-state index in [1.807, 2.05) is 0 Å². The van der Waals surface area contributed by atoms with E-state index in [0.29, 0.717) is 23.6 Å². The number of carbonyl (C=O) groups excluding carboxylic acids is 1. The largest absolute Gasteiger partial charge is 0.409 e. The predicted octanol–water partition coefficient (Wildman–Crippen LogP) is 2.19. The normalized spacial score (nSPS) is 20.1. The Balaban J connectivity index is 1.96. The molecule has 1 aliphatic rings. The van der Waals surface area contributed by atoms with Crippen LogP contribution in [0, 0.1) is 16.7 Å². The Morgan fingerprint density at radius 2 is 1.67 bits per heavy atom. The number of benzene rings is 1. The number of amides is 1. The highest BCUT2D eigenvalue weighted by Crippen LogP contribution is 2.67. The Morgan fingerprint density at radius 3 is 2.10 bits per heavy atom. The zero-order valence-electron chi connectivity index (χ0n) is 13.0. The van der Waals surface area contributed by atoms with Gasteiger partial charge in [-0.25, -0.2) is 0 Å². The van der Waals surface area contributed by atoms with E-state index in [9.17, 15) is 4.79 Å². The standard InChI is InChI=1S/C16H23N3O2/c1-15(2)12(16(15,3)4)9-18-14(20)11-7-5-10(6-8-11)13(17)19-21/h5-8,12,21H,9H2,1-4H3,(H2,17,19)(H,18,20). The first-order valence-electron chi connectivity index (χ1n) is 7.08. The fraction of sp³-hybridized carbons (Fsp3) is 0.500. The van der Waals surface area contributed by atoms with Crippen LogP contribution in [0.15, 0.2) is 29.4 Å². The van der Waals surface area contributed by atoms with Gasteiger partial charge in [-0.15, -0.1) is 0 Å². The highest BCUT2D eigenvalue weighted by Gasteiger charge is 2.64. The number of amidine groups is 1.